The number of aromatic nitrogens is 1. The first-order chi connectivity index (χ1) is 17.5. The van der Waals surface area contributed by atoms with Crippen LogP contribution in [-0.2, 0) is 14.8 Å². The number of carbonyl (C=O) groups excluding carboxylic acids is 2. The standard InChI is InChI=1S/C27H30N4O5S/c1-27(2,3)36-26(33)31-21-13-14-22(31)17-30(16-21)25(32)19-9-11-20(12-10-19)29-37(34,35)23-8-4-6-18-7-5-15-28-24(18)23/h4-12,15,21-22,29H,13-14,16-17H2,1-3H3. The molecule has 2 bridgehead atoms. The Bertz CT molecular complexity index is 1430. The second-order valence-corrected chi connectivity index (χ2v) is 12.1. The highest BCUT2D eigenvalue weighted by Crippen LogP contribution is 2.32. The van der Waals surface area contributed by atoms with Crippen LogP contribution in [-0.4, -0.2) is 66.0 Å². The molecule has 0 saturated carbocycles. The summed E-state index contributed by atoms with van der Waals surface area (Å²) in [6.45, 7) is 6.41. The molecule has 2 fully saturated rings. The number of nitrogens with zero attached hydrogens (tertiary/aromatic N) is 3. The van der Waals surface area contributed by atoms with E-state index in [0.717, 1.165) is 18.2 Å². The van der Waals surface area contributed by atoms with Crippen molar-refractivity contribution < 1.29 is 22.7 Å². The number of sulfonamides is 1. The van der Waals surface area contributed by atoms with Crippen molar-refractivity contribution in [3.8, 4) is 0 Å². The summed E-state index contributed by atoms with van der Waals surface area (Å²) in [4.78, 5) is 33.8. The summed E-state index contributed by atoms with van der Waals surface area (Å²) in [5.41, 5.74) is 0.625. The van der Waals surface area contributed by atoms with Crippen molar-refractivity contribution in [2.45, 2.75) is 56.2 Å². The van der Waals surface area contributed by atoms with E-state index >= 15 is 0 Å². The number of fused-ring (bicyclic) bond motifs is 3. The van der Waals surface area contributed by atoms with Crippen LogP contribution in [0.25, 0.3) is 10.9 Å². The fraction of sp³-hybridized carbons (Fsp3) is 0.370. The lowest BCUT2D eigenvalue weighted by Crippen LogP contribution is -2.57. The maximum atomic E-state index is 13.2. The minimum atomic E-state index is -3.88. The molecule has 2 unspecified atom stereocenters. The Labute approximate surface area is 216 Å². The number of nitrogens with one attached hydrogen (secondary N) is 1. The van der Waals surface area contributed by atoms with Gasteiger partial charge in [0.1, 0.15) is 10.5 Å². The van der Waals surface area contributed by atoms with Crippen molar-refractivity contribution in [2.24, 2.45) is 0 Å². The molecule has 3 aromatic rings. The van der Waals surface area contributed by atoms with Crippen LogP contribution in [0.4, 0.5) is 10.5 Å². The SMILES string of the molecule is CC(C)(C)OC(=O)N1C2CCC1CN(C(=O)c1ccc(NS(=O)(=O)c3cccc4cccnc34)cc1)C2. The van der Waals surface area contributed by atoms with Crippen LogP contribution in [0, 0.1) is 0 Å². The predicted octanol–water partition coefficient (Wildman–Crippen LogP) is 4.26. The maximum absolute atomic E-state index is 13.2. The van der Waals surface area contributed by atoms with E-state index in [9.17, 15) is 18.0 Å². The summed E-state index contributed by atoms with van der Waals surface area (Å²) in [7, 11) is -3.88. The van der Waals surface area contributed by atoms with Crippen molar-refractivity contribution in [3.05, 3.63) is 66.4 Å². The van der Waals surface area contributed by atoms with Crippen LogP contribution in [0.2, 0.25) is 0 Å². The maximum Gasteiger partial charge on any atom is 0.410 e. The van der Waals surface area contributed by atoms with Crippen LogP contribution >= 0.6 is 0 Å². The molecule has 2 amide bonds. The molecule has 37 heavy (non-hydrogen) atoms. The highest BCUT2D eigenvalue weighted by molar-refractivity contribution is 7.93. The molecule has 3 heterocycles. The van der Waals surface area contributed by atoms with Gasteiger partial charge >= 0.3 is 6.09 Å². The molecule has 2 aromatic carbocycles. The van der Waals surface area contributed by atoms with E-state index in [2.05, 4.69) is 9.71 Å². The smallest absolute Gasteiger partial charge is 0.410 e. The molecule has 9 nitrogen and oxygen atoms in total. The zero-order valence-electron chi connectivity index (χ0n) is 21.0. The van der Waals surface area contributed by atoms with Crippen LogP contribution < -0.4 is 4.72 Å². The summed E-state index contributed by atoms with van der Waals surface area (Å²) in [5, 5.41) is 0.729. The van der Waals surface area contributed by atoms with Gasteiger partial charge in [-0.1, -0.05) is 18.2 Å². The molecule has 0 aliphatic carbocycles. The van der Waals surface area contributed by atoms with Gasteiger partial charge in [-0.15, -0.1) is 0 Å². The van der Waals surface area contributed by atoms with Crippen molar-refractivity contribution >= 4 is 38.6 Å². The van der Waals surface area contributed by atoms with Crippen LogP contribution in [0.5, 0.6) is 0 Å². The van der Waals surface area contributed by atoms with Gasteiger partial charge in [0.25, 0.3) is 15.9 Å². The molecule has 2 aliphatic heterocycles. The zero-order valence-corrected chi connectivity index (χ0v) is 21.9. The molecular weight excluding hydrogens is 492 g/mol. The van der Waals surface area contributed by atoms with Crippen molar-refractivity contribution in [3.63, 3.8) is 0 Å². The Morgan fingerprint density at radius 2 is 1.62 bits per heavy atom. The number of rotatable bonds is 4. The van der Waals surface area contributed by atoms with Gasteiger partial charge in [0.05, 0.1) is 17.6 Å². The Kier molecular flexibility index (Phi) is 6.31. The average molecular weight is 523 g/mol. The number of anilines is 1. The van der Waals surface area contributed by atoms with Crippen LogP contribution in [0.15, 0.2) is 65.7 Å². The van der Waals surface area contributed by atoms with E-state index in [1.165, 1.54) is 6.07 Å². The fourth-order valence-electron chi connectivity index (χ4n) is 5.05. The number of benzene rings is 2. The van der Waals surface area contributed by atoms with Gasteiger partial charge in [-0.2, -0.15) is 0 Å². The molecule has 10 heteroatoms. The van der Waals surface area contributed by atoms with E-state index in [-0.39, 0.29) is 29.0 Å². The highest BCUT2D eigenvalue weighted by atomic mass is 32.2. The lowest BCUT2D eigenvalue weighted by molar-refractivity contribution is -0.00335. The number of pyridine rings is 1. The second-order valence-electron chi connectivity index (χ2n) is 10.5. The molecule has 1 N–H and O–H groups in total. The third-order valence-electron chi connectivity index (χ3n) is 6.64. The minimum absolute atomic E-state index is 0.0714. The first kappa shape index (κ1) is 25.0. The van der Waals surface area contributed by atoms with Crippen molar-refractivity contribution in [1.29, 1.82) is 0 Å². The van der Waals surface area contributed by atoms with Crippen LogP contribution in [0.1, 0.15) is 44.0 Å². The zero-order chi connectivity index (χ0) is 26.4. The summed E-state index contributed by atoms with van der Waals surface area (Å²) in [5.74, 6) is -0.145. The third-order valence-corrected chi connectivity index (χ3v) is 8.06. The number of carbonyl (C=O) groups is 2. The van der Waals surface area contributed by atoms with E-state index in [1.807, 2.05) is 20.8 Å². The van der Waals surface area contributed by atoms with Gasteiger partial charge < -0.3 is 9.64 Å². The van der Waals surface area contributed by atoms with Crippen molar-refractivity contribution in [2.75, 3.05) is 17.8 Å². The normalized spacial score (nSPS) is 19.6. The second kappa shape index (κ2) is 9.33. The highest BCUT2D eigenvalue weighted by Gasteiger charge is 2.45. The molecule has 194 valence electrons. The van der Waals surface area contributed by atoms with Gasteiger partial charge in [0.15, 0.2) is 0 Å². The molecule has 0 spiro atoms. The number of hydrogen-bond acceptors (Lipinski definition) is 6. The van der Waals surface area contributed by atoms with Gasteiger partial charge in [-0.3, -0.25) is 19.4 Å². The Balaban J connectivity index is 1.27. The van der Waals surface area contributed by atoms with E-state index in [1.54, 1.807) is 64.5 Å². The lowest BCUT2D eigenvalue weighted by Gasteiger charge is -2.41. The summed E-state index contributed by atoms with van der Waals surface area (Å²) >= 11 is 0. The largest absolute Gasteiger partial charge is 0.444 e. The Morgan fingerprint density at radius 3 is 2.27 bits per heavy atom. The molecule has 2 saturated heterocycles. The Morgan fingerprint density at radius 1 is 0.973 bits per heavy atom. The Hall–Kier alpha value is -3.66. The van der Waals surface area contributed by atoms with Gasteiger partial charge in [0.2, 0.25) is 0 Å². The topological polar surface area (TPSA) is 109 Å². The summed E-state index contributed by atoms with van der Waals surface area (Å²) in [6, 6.07) is 14.8. The quantitative estimate of drug-likeness (QED) is 0.549. The first-order valence-corrected chi connectivity index (χ1v) is 13.8. The minimum Gasteiger partial charge on any atom is -0.444 e. The van der Waals surface area contributed by atoms with Gasteiger partial charge in [0, 0.05) is 35.9 Å². The molecular formula is C27H30N4O5S. The number of ether oxygens (including phenoxy) is 1. The third kappa shape index (κ3) is 5.11. The average Bonchev–Trinajstić information content (AvgIpc) is 3.12. The van der Waals surface area contributed by atoms with Gasteiger partial charge in [-0.25, -0.2) is 13.2 Å². The monoisotopic (exact) mass is 522 g/mol. The molecule has 2 aliphatic rings. The van der Waals surface area contributed by atoms with E-state index < -0.39 is 15.6 Å². The molecule has 2 atom stereocenters. The van der Waals surface area contributed by atoms with Gasteiger partial charge in [-0.05, 0) is 70.0 Å². The number of piperazine rings is 1. The van der Waals surface area contributed by atoms with Crippen molar-refractivity contribution in [1.82, 2.24) is 14.8 Å². The number of amides is 2. The lowest BCUT2D eigenvalue weighted by atomic mass is 10.1. The van der Waals surface area contributed by atoms with E-state index in [4.69, 9.17) is 4.74 Å². The van der Waals surface area contributed by atoms with E-state index in [0.29, 0.717) is 29.9 Å². The summed E-state index contributed by atoms with van der Waals surface area (Å²) in [6.07, 6.45) is 2.89. The fourth-order valence-corrected chi connectivity index (χ4v) is 6.29. The predicted molar refractivity (Wildman–Crippen MR) is 140 cm³/mol. The van der Waals surface area contributed by atoms with Crippen LogP contribution in [0.3, 0.4) is 0 Å². The number of hydrogen-bond donors (Lipinski definition) is 1. The molecule has 0 radical (unpaired) electrons. The first-order valence-electron chi connectivity index (χ1n) is 12.3. The molecule has 5 rings (SSSR count). The number of para-hydroxylation sites is 1. The number of likely N-dealkylation sites (tertiary alicyclic amines) is 1. The molecule has 1 aromatic heterocycles. The summed E-state index contributed by atoms with van der Waals surface area (Å²) < 4.78 is 34.3.